The highest BCUT2D eigenvalue weighted by atomic mass is 35.5. The maximum atomic E-state index is 12.3. The lowest BCUT2D eigenvalue weighted by Crippen LogP contribution is -2.24. The molecule has 7 heteroatoms. The van der Waals surface area contributed by atoms with Gasteiger partial charge in [-0.2, -0.15) is 0 Å². The van der Waals surface area contributed by atoms with E-state index in [0.717, 1.165) is 0 Å². The van der Waals surface area contributed by atoms with Gasteiger partial charge in [0.15, 0.2) is 0 Å². The number of nitrogens with zero attached hydrogens (tertiary/aromatic N) is 1. The first kappa shape index (κ1) is 17.6. The van der Waals surface area contributed by atoms with Crippen LogP contribution in [0.4, 0.5) is 11.4 Å². The van der Waals surface area contributed by atoms with Gasteiger partial charge < -0.3 is 20.8 Å². The number of ketones is 1. The van der Waals surface area contributed by atoms with E-state index in [-0.39, 0.29) is 22.3 Å². The molecule has 0 atom stereocenters. The number of halogens is 1. The molecule has 1 aliphatic rings. The van der Waals surface area contributed by atoms with Crippen LogP contribution in [0.5, 0.6) is 11.5 Å². The predicted molar refractivity (Wildman–Crippen MR) is 102 cm³/mol. The second kappa shape index (κ2) is 7.33. The number of anilines is 1. The van der Waals surface area contributed by atoms with E-state index in [4.69, 9.17) is 11.6 Å². The smallest absolute Gasteiger partial charge is 0.204 e. The Labute approximate surface area is 155 Å². The molecule has 0 heterocycles. The molecule has 0 aromatic heterocycles. The predicted octanol–water partition coefficient (Wildman–Crippen LogP) is 3.51. The molecule has 0 spiro atoms. The van der Waals surface area contributed by atoms with E-state index < -0.39 is 0 Å². The Morgan fingerprint density at radius 1 is 1.00 bits per heavy atom. The zero-order valence-electron chi connectivity index (χ0n) is 13.8. The van der Waals surface area contributed by atoms with Gasteiger partial charge in [0.2, 0.25) is 5.78 Å². The van der Waals surface area contributed by atoms with Crippen LogP contribution in [0.25, 0.3) is 0 Å². The van der Waals surface area contributed by atoms with Crippen LogP contribution >= 0.6 is 11.6 Å². The Morgan fingerprint density at radius 3 is 2.38 bits per heavy atom. The third-order valence-electron chi connectivity index (χ3n) is 3.69. The van der Waals surface area contributed by atoms with Crippen molar-refractivity contribution in [1.29, 1.82) is 0 Å². The summed E-state index contributed by atoms with van der Waals surface area (Å²) in [6.45, 7) is 0. The van der Waals surface area contributed by atoms with Gasteiger partial charge in [-0.15, -0.1) is 0 Å². The minimum absolute atomic E-state index is 0.0240. The van der Waals surface area contributed by atoms with Crippen LogP contribution in [-0.4, -0.2) is 28.8 Å². The van der Waals surface area contributed by atoms with Crippen LogP contribution in [0.15, 0.2) is 71.0 Å². The van der Waals surface area contributed by atoms with Crippen molar-refractivity contribution in [3.8, 4) is 11.5 Å². The van der Waals surface area contributed by atoms with Crippen LogP contribution in [0.3, 0.4) is 0 Å². The molecule has 2 aromatic rings. The van der Waals surface area contributed by atoms with Crippen molar-refractivity contribution >= 4 is 34.5 Å². The fourth-order valence-electron chi connectivity index (χ4n) is 2.36. The second-order valence-electron chi connectivity index (χ2n) is 5.53. The Morgan fingerprint density at radius 2 is 1.73 bits per heavy atom. The molecular weight excluding hydrogens is 354 g/mol. The molecule has 0 saturated carbocycles. The number of aromatic hydroxyl groups is 2. The number of carbonyl (C=O) groups excluding carboxylic acids is 1. The lowest BCUT2D eigenvalue weighted by molar-refractivity contribution is -0.111. The Bertz CT molecular complexity index is 947. The fraction of sp³-hybridized carbons (Fsp3) is 0.0526. The number of phenols is 2. The van der Waals surface area contributed by atoms with Gasteiger partial charge in [-0.1, -0.05) is 11.6 Å². The standard InChI is InChI=1S/C19H16ClN3O3/c1-21-15-10-19(26)17(22-11-2-5-13(24)6-3-11)9-16(15)23-12-4-7-18(25)14(20)8-12/h2-10,21-22,24-25H,1H3/b23-16-. The summed E-state index contributed by atoms with van der Waals surface area (Å²) in [6.07, 6.45) is 3.07. The lowest BCUT2D eigenvalue weighted by Gasteiger charge is -2.16. The van der Waals surface area contributed by atoms with Crippen molar-refractivity contribution in [3.63, 3.8) is 0 Å². The number of phenolic OH excluding ortho intramolecular Hbond substituents is 2. The van der Waals surface area contributed by atoms with Gasteiger partial charge in [-0.05, 0) is 48.5 Å². The van der Waals surface area contributed by atoms with Crippen LogP contribution in [-0.2, 0) is 4.79 Å². The summed E-state index contributed by atoms with van der Waals surface area (Å²) in [4.78, 5) is 16.8. The minimum atomic E-state index is -0.204. The molecule has 0 fully saturated rings. The van der Waals surface area contributed by atoms with Crippen molar-refractivity contribution in [2.24, 2.45) is 4.99 Å². The SMILES string of the molecule is CNC1=CC(=O)C(Nc2ccc(O)cc2)=C/C1=N/c1ccc(O)c(Cl)c1. The quantitative estimate of drug-likeness (QED) is 0.489. The topological polar surface area (TPSA) is 94.0 Å². The van der Waals surface area contributed by atoms with Crippen molar-refractivity contribution in [1.82, 2.24) is 5.32 Å². The number of rotatable bonds is 4. The number of hydrogen-bond donors (Lipinski definition) is 4. The summed E-state index contributed by atoms with van der Waals surface area (Å²) in [5.41, 5.74) is 2.65. The van der Waals surface area contributed by atoms with Gasteiger partial charge in [-0.25, -0.2) is 4.99 Å². The molecule has 4 N–H and O–H groups in total. The maximum Gasteiger partial charge on any atom is 0.204 e. The normalized spacial score (nSPS) is 15.5. The zero-order valence-corrected chi connectivity index (χ0v) is 14.6. The summed E-state index contributed by atoms with van der Waals surface area (Å²) in [5.74, 6) is -0.0857. The molecule has 2 aromatic carbocycles. The fourth-order valence-corrected chi connectivity index (χ4v) is 2.54. The molecule has 0 bridgehead atoms. The first-order valence-corrected chi connectivity index (χ1v) is 8.13. The maximum absolute atomic E-state index is 12.3. The van der Waals surface area contributed by atoms with E-state index in [1.807, 2.05) is 0 Å². The summed E-state index contributed by atoms with van der Waals surface area (Å²) < 4.78 is 0. The largest absolute Gasteiger partial charge is 0.508 e. The van der Waals surface area contributed by atoms with Gasteiger partial charge in [0.1, 0.15) is 11.5 Å². The lowest BCUT2D eigenvalue weighted by atomic mass is 10.0. The number of allylic oxidation sites excluding steroid dienone is 2. The summed E-state index contributed by atoms with van der Waals surface area (Å²) in [6, 6.07) is 11.0. The van der Waals surface area contributed by atoms with Gasteiger partial charge in [-0.3, -0.25) is 4.79 Å². The van der Waals surface area contributed by atoms with Crippen LogP contribution < -0.4 is 10.6 Å². The molecule has 132 valence electrons. The molecule has 0 aliphatic heterocycles. The van der Waals surface area contributed by atoms with E-state index >= 15 is 0 Å². The van der Waals surface area contributed by atoms with Gasteiger partial charge in [0, 0.05) is 18.8 Å². The molecule has 0 radical (unpaired) electrons. The molecule has 26 heavy (non-hydrogen) atoms. The molecule has 0 saturated heterocycles. The average Bonchev–Trinajstić information content (AvgIpc) is 2.62. The van der Waals surface area contributed by atoms with Crippen molar-refractivity contribution in [2.75, 3.05) is 12.4 Å². The average molecular weight is 370 g/mol. The third-order valence-corrected chi connectivity index (χ3v) is 4.00. The van der Waals surface area contributed by atoms with Crippen LogP contribution in [0.1, 0.15) is 0 Å². The van der Waals surface area contributed by atoms with Crippen molar-refractivity contribution < 1.29 is 15.0 Å². The number of aliphatic imine (C=N–C) groups is 1. The van der Waals surface area contributed by atoms with Crippen molar-refractivity contribution in [2.45, 2.75) is 0 Å². The minimum Gasteiger partial charge on any atom is -0.508 e. The number of carbonyl (C=O) groups is 1. The summed E-state index contributed by atoms with van der Waals surface area (Å²) in [5, 5.41) is 25.0. The summed E-state index contributed by atoms with van der Waals surface area (Å²) in [7, 11) is 1.70. The van der Waals surface area contributed by atoms with E-state index in [1.165, 1.54) is 30.3 Å². The number of nitrogens with one attached hydrogen (secondary N) is 2. The number of benzene rings is 2. The van der Waals surface area contributed by atoms with Gasteiger partial charge >= 0.3 is 0 Å². The Hall–Kier alpha value is -3.25. The highest BCUT2D eigenvalue weighted by Gasteiger charge is 2.18. The molecule has 1 aliphatic carbocycles. The Kier molecular flexibility index (Phi) is 4.95. The van der Waals surface area contributed by atoms with Crippen molar-refractivity contribution in [3.05, 3.63) is 71.0 Å². The highest BCUT2D eigenvalue weighted by Crippen LogP contribution is 2.28. The van der Waals surface area contributed by atoms with E-state index in [9.17, 15) is 15.0 Å². The first-order chi connectivity index (χ1) is 12.5. The number of hydrogen-bond acceptors (Lipinski definition) is 6. The molecular formula is C19H16ClN3O3. The zero-order chi connectivity index (χ0) is 18.7. The summed E-state index contributed by atoms with van der Waals surface area (Å²) >= 11 is 5.92. The molecule has 0 amide bonds. The van der Waals surface area contributed by atoms with Gasteiger partial charge in [0.05, 0.1) is 27.8 Å². The third kappa shape index (κ3) is 3.87. The van der Waals surface area contributed by atoms with E-state index in [1.54, 1.807) is 31.3 Å². The van der Waals surface area contributed by atoms with Gasteiger partial charge in [0.25, 0.3) is 0 Å². The van der Waals surface area contributed by atoms with E-state index in [2.05, 4.69) is 15.6 Å². The Balaban J connectivity index is 1.95. The first-order valence-electron chi connectivity index (χ1n) is 7.75. The molecule has 6 nitrogen and oxygen atoms in total. The molecule has 3 rings (SSSR count). The second-order valence-corrected chi connectivity index (χ2v) is 5.94. The monoisotopic (exact) mass is 369 g/mol. The highest BCUT2D eigenvalue weighted by molar-refractivity contribution is 6.32. The van der Waals surface area contributed by atoms with Crippen LogP contribution in [0, 0.1) is 0 Å². The van der Waals surface area contributed by atoms with E-state index in [0.29, 0.717) is 28.5 Å². The molecule has 0 unspecified atom stereocenters. The van der Waals surface area contributed by atoms with Crippen LogP contribution in [0.2, 0.25) is 5.02 Å².